The first-order valence-corrected chi connectivity index (χ1v) is 9.77. The van der Waals surface area contributed by atoms with Crippen LogP contribution in [0.15, 0.2) is 48.5 Å². The van der Waals surface area contributed by atoms with Crippen LogP contribution in [0, 0.1) is 19.7 Å². The topological polar surface area (TPSA) is 43.7 Å². The highest BCUT2D eigenvalue weighted by Crippen LogP contribution is 2.28. The van der Waals surface area contributed by atoms with Crippen LogP contribution >= 0.6 is 0 Å². The van der Waals surface area contributed by atoms with Crippen molar-refractivity contribution in [3.63, 3.8) is 0 Å². The van der Waals surface area contributed by atoms with E-state index in [2.05, 4.69) is 0 Å². The van der Waals surface area contributed by atoms with Crippen LogP contribution in [0.1, 0.15) is 27.3 Å². The second-order valence-corrected chi connectivity index (χ2v) is 7.24. The Labute approximate surface area is 176 Å². The second kappa shape index (κ2) is 9.03. The number of para-hydroxylation sites is 1. The number of likely N-dealkylation sites (N-methyl/N-ethyl adjacent to an activating group) is 1. The summed E-state index contributed by atoms with van der Waals surface area (Å²) in [6, 6.07) is 14.1. The molecule has 158 valence electrons. The number of ether oxygens (including phenoxy) is 2. The molecule has 2 aromatic carbocycles. The third kappa shape index (κ3) is 4.17. The number of nitrogens with zero attached hydrogens (tertiary/aromatic N) is 2. The fourth-order valence-electron chi connectivity index (χ4n) is 3.62. The van der Waals surface area contributed by atoms with Crippen LogP contribution < -0.4 is 9.47 Å². The molecule has 0 radical (unpaired) electrons. The summed E-state index contributed by atoms with van der Waals surface area (Å²) in [6.45, 7) is 4.26. The Bertz CT molecular complexity index is 1060. The van der Waals surface area contributed by atoms with Gasteiger partial charge in [0.1, 0.15) is 5.82 Å². The Morgan fingerprint density at radius 3 is 2.40 bits per heavy atom. The lowest BCUT2D eigenvalue weighted by Gasteiger charge is -2.18. The highest BCUT2D eigenvalue weighted by Gasteiger charge is 2.21. The van der Waals surface area contributed by atoms with Gasteiger partial charge in [0, 0.05) is 25.0 Å². The van der Waals surface area contributed by atoms with Crippen LogP contribution in [0.3, 0.4) is 0 Å². The summed E-state index contributed by atoms with van der Waals surface area (Å²) in [7, 11) is 4.97. The lowest BCUT2D eigenvalue weighted by Crippen LogP contribution is -2.29. The van der Waals surface area contributed by atoms with E-state index in [-0.39, 0.29) is 11.7 Å². The lowest BCUT2D eigenvalue weighted by molar-refractivity contribution is 0.0796. The molecule has 30 heavy (non-hydrogen) atoms. The number of methoxy groups -OCH3 is 2. The smallest absolute Gasteiger partial charge is 0.255 e. The molecule has 0 spiro atoms. The van der Waals surface area contributed by atoms with Gasteiger partial charge in [0.05, 0.1) is 25.5 Å². The zero-order valence-corrected chi connectivity index (χ0v) is 18.0. The number of benzene rings is 2. The van der Waals surface area contributed by atoms with Gasteiger partial charge in [-0.25, -0.2) is 4.39 Å². The standard InChI is InChI=1S/C24H27FN2O3/c1-16-14-19(17(2)27(16)21-9-7-6-8-20(21)25)24(28)26(3)13-12-18-10-11-22(29-4)23(15-18)30-5/h6-11,14-15H,12-13H2,1-5H3. The number of hydrogen-bond donors (Lipinski definition) is 0. The molecular weight excluding hydrogens is 383 g/mol. The van der Waals surface area contributed by atoms with E-state index in [4.69, 9.17) is 9.47 Å². The van der Waals surface area contributed by atoms with Gasteiger partial charge in [0.15, 0.2) is 11.5 Å². The first kappa shape index (κ1) is 21.4. The van der Waals surface area contributed by atoms with E-state index in [0.29, 0.717) is 35.7 Å². The molecule has 0 atom stereocenters. The normalized spacial score (nSPS) is 10.7. The van der Waals surface area contributed by atoms with E-state index >= 15 is 0 Å². The fraction of sp³-hybridized carbons (Fsp3) is 0.292. The largest absolute Gasteiger partial charge is 0.493 e. The molecule has 1 heterocycles. The summed E-state index contributed by atoms with van der Waals surface area (Å²) in [5.41, 5.74) is 3.60. The van der Waals surface area contributed by atoms with Crippen LogP contribution in [-0.4, -0.2) is 43.2 Å². The number of aromatic nitrogens is 1. The monoisotopic (exact) mass is 410 g/mol. The van der Waals surface area contributed by atoms with Gasteiger partial charge in [-0.2, -0.15) is 0 Å². The maximum atomic E-state index is 14.3. The quantitative estimate of drug-likeness (QED) is 0.573. The average molecular weight is 410 g/mol. The van der Waals surface area contributed by atoms with E-state index in [1.807, 2.05) is 38.1 Å². The SMILES string of the molecule is COc1ccc(CCN(C)C(=O)c2cc(C)n(-c3ccccc3F)c2C)cc1OC. The molecule has 3 rings (SSSR count). The predicted molar refractivity (Wildman–Crippen MR) is 115 cm³/mol. The Balaban J connectivity index is 1.77. The van der Waals surface area contributed by atoms with Gasteiger partial charge in [-0.3, -0.25) is 4.79 Å². The molecule has 1 aromatic heterocycles. The molecule has 0 aliphatic rings. The van der Waals surface area contributed by atoms with Crippen molar-refractivity contribution < 1.29 is 18.7 Å². The van der Waals surface area contributed by atoms with Crippen molar-refractivity contribution in [2.24, 2.45) is 0 Å². The number of amides is 1. The minimum atomic E-state index is -0.319. The van der Waals surface area contributed by atoms with Gasteiger partial charge in [0.2, 0.25) is 0 Å². The van der Waals surface area contributed by atoms with Crippen LogP contribution in [0.2, 0.25) is 0 Å². The van der Waals surface area contributed by atoms with Crippen LogP contribution in [0.5, 0.6) is 11.5 Å². The summed E-state index contributed by atoms with van der Waals surface area (Å²) in [6.07, 6.45) is 0.675. The summed E-state index contributed by atoms with van der Waals surface area (Å²) >= 11 is 0. The molecule has 0 N–H and O–H groups in total. The zero-order chi connectivity index (χ0) is 21.8. The first-order valence-electron chi connectivity index (χ1n) is 9.77. The number of carbonyl (C=O) groups is 1. The molecule has 0 aliphatic carbocycles. The highest BCUT2D eigenvalue weighted by atomic mass is 19.1. The maximum Gasteiger partial charge on any atom is 0.255 e. The van der Waals surface area contributed by atoms with E-state index in [9.17, 15) is 9.18 Å². The lowest BCUT2D eigenvalue weighted by atomic mass is 10.1. The Morgan fingerprint density at radius 1 is 1.03 bits per heavy atom. The summed E-state index contributed by atoms with van der Waals surface area (Å²) in [4.78, 5) is 14.8. The second-order valence-electron chi connectivity index (χ2n) is 7.24. The highest BCUT2D eigenvalue weighted by molar-refractivity contribution is 5.95. The molecule has 0 unspecified atom stereocenters. The Kier molecular flexibility index (Phi) is 6.45. The molecule has 1 amide bonds. The summed E-state index contributed by atoms with van der Waals surface area (Å²) in [5, 5.41) is 0. The van der Waals surface area contributed by atoms with Gasteiger partial charge in [0.25, 0.3) is 5.91 Å². The number of hydrogen-bond acceptors (Lipinski definition) is 3. The minimum Gasteiger partial charge on any atom is -0.493 e. The van der Waals surface area contributed by atoms with Gasteiger partial charge in [-0.1, -0.05) is 18.2 Å². The van der Waals surface area contributed by atoms with Crippen molar-refractivity contribution in [3.05, 3.63) is 76.9 Å². The number of carbonyl (C=O) groups excluding carboxylic acids is 1. The van der Waals surface area contributed by atoms with Crippen molar-refractivity contribution >= 4 is 5.91 Å². The number of halogens is 1. The van der Waals surface area contributed by atoms with Crippen molar-refractivity contribution in [2.75, 3.05) is 27.8 Å². The van der Waals surface area contributed by atoms with Gasteiger partial charge < -0.3 is 18.9 Å². The molecule has 0 saturated heterocycles. The van der Waals surface area contributed by atoms with Crippen LogP contribution in [0.4, 0.5) is 4.39 Å². The molecule has 0 bridgehead atoms. The van der Waals surface area contributed by atoms with E-state index in [1.165, 1.54) is 6.07 Å². The average Bonchev–Trinajstić information content (AvgIpc) is 3.05. The first-order chi connectivity index (χ1) is 14.4. The van der Waals surface area contributed by atoms with E-state index in [0.717, 1.165) is 17.0 Å². The number of rotatable bonds is 7. The van der Waals surface area contributed by atoms with Gasteiger partial charge in [-0.05, 0) is 56.2 Å². The summed E-state index contributed by atoms with van der Waals surface area (Å²) < 4.78 is 26.7. The van der Waals surface area contributed by atoms with Gasteiger partial charge in [-0.15, -0.1) is 0 Å². The molecule has 6 heteroatoms. The Hall–Kier alpha value is -3.28. The molecule has 0 aliphatic heterocycles. The predicted octanol–water partition coefficient (Wildman–Crippen LogP) is 4.57. The summed E-state index contributed by atoms with van der Waals surface area (Å²) in [5.74, 6) is 0.926. The molecule has 0 saturated carbocycles. The van der Waals surface area contributed by atoms with Crippen LogP contribution in [0.25, 0.3) is 5.69 Å². The molecule has 3 aromatic rings. The molecule has 5 nitrogen and oxygen atoms in total. The van der Waals surface area contributed by atoms with E-state index in [1.54, 1.807) is 48.9 Å². The van der Waals surface area contributed by atoms with Crippen molar-refractivity contribution in [1.29, 1.82) is 0 Å². The van der Waals surface area contributed by atoms with Gasteiger partial charge >= 0.3 is 0 Å². The number of aryl methyl sites for hydroxylation is 1. The minimum absolute atomic E-state index is 0.0915. The molecule has 0 fully saturated rings. The van der Waals surface area contributed by atoms with Crippen molar-refractivity contribution in [3.8, 4) is 17.2 Å². The Morgan fingerprint density at radius 2 is 1.73 bits per heavy atom. The third-order valence-corrected chi connectivity index (χ3v) is 5.29. The fourth-order valence-corrected chi connectivity index (χ4v) is 3.62. The van der Waals surface area contributed by atoms with Crippen molar-refractivity contribution in [1.82, 2.24) is 9.47 Å². The maximum absolute atomic E-state index is 14.3. The third-order valence-electron chi connectivity index (χ3n) is 5.29. The van der Waals surface area contributed by atoms with Crippen molar-refractivity contribution in [2.45, 2.75) is 20.3 Å². The zero-order valence-electron chi connectivity index (χ0n) is 18.0. The van der Waals surface area contributed by atoms with E-state index < -0.39 is 0 Å². The molecular formula is C24H27FN2O3. The van der Waals surface area contributed by atoms with Crippen LogP contribution in [-0.2, 0) is 6.42 Å².